The number of hydrogen-bond acceptors (Lipinski definition) is 5. The van der Waals surface area contributed by atoms with Crippen LogP contribution in [0.2, 0.25) is 0 Å². The Kier molecular flexibility index (Phi) is 6.06. The quantitative estimate of drug-likeness (QED) is 0.509. The lowest BCUT2D eigenvalue weighted by atomic mass is 10.2. The second-order valence-electron chi connectivity index (χ2n) is 6.33. The Morgan fingerprint density at radius 1 is 1.23 bits per heavy atom. The van der Waals surface area contributed by atoms with E-state index in [0.717, 1.165) is 17.0 Å². The van der Waals surface area contributed by atoms with Gasteiger partial charge in [0, 0.05) is 17.6 Å². The van der Waals surface area contributed by atoms with Crippen LogP contribution in [0.5, 0.6) is 0 Å². The summed E-state index contributed by atoms with van der Waals surface area (Å²) in [6, 6.07) is 6.87. The average Bonchev–Trinajstić information content (AvgIpc) is 3.25. The maximum absolute atomic E-state index is 13.0. The molecule has 1 saturated heterocycles. The van der Waals surface area contributed by atoms with E-state index in [1.165, 1.54) is 29.7 Å². The second kappa shape index (κ2) is 8.39. The molecule has 1 aromatic heterocycles. The van der Waals surface area contributed by atoms with E-state index < -0.39 is 34.9 Å². The van der Waals surface area contributed by atoms with Crippen LogP contribution in [0.3, 0.4) is 0 Å². The van der Waals surface area contributed by atoms with Gasteiger partial charge in [-0.05, 0) is 62.0 Å². The first kappa shape index (κ1) is 21.7. The Bertz CT molecular complexity index is 1030. The highest BCUT2D eigenvalue weighted by Crippen LogP contribution is 2.35. The van der Waals surface area contributed by atoms with Crippen molar-refractivity contribution in [1.29, 1.82) is 0 Å². The molecule has 0 saturated carbocycles. The van der Waals surface area contributed by atoms with Crippen molar-refractivity contribution < 1.29 is 32.3 Å². The van der Waals surface area contributed by atoms with Gasteiger partial charge in [-0.15, -0.1) is 0 Å². The van der Waals surface area contributed by atoms with E-state index >= 15 is 0 Å². The molecule has 10 heteroatoms. The van der Waals surface area contributed by atoms with Crippen LogP contribution in [0.4, 0.5) is 18.0 Å². The number of rotatable bonds is 5. The molecule has 0 spiro atoms. The van der Waals surface area contributed by atoms with Crippen molar-refractivity contribution in [2.24, 2.45) is 0 Å². The lowest BCUT2D eigenvalue weighted by Crippen LogP contribution is -2.42. The summed E-state index contributed by atoms with van der Waals surface area (Å²) in [5.74, 6) is -1.37. The summed E-state index contributed by atoms with van der Waals surface area (Å²) in [7, 11) is 0. The van der Waals surface area contributed by atoms with Crippen molar-refractivity contribution in [2.45, 2.75) is 26.1 Å². The first-order valence-corrected chi connectivity index (χ1v) is 9.73. The van der Waals surface area contributed by atoms with Crippen molar-refractivity contribution in [2.75, 3.05) is 6.61 Å². The third-order valence-corrected chi connectivity index (χ3v) is 5.23. The van der Waals surface area contributed by atoms with Crippen LogP contribution in [0.15, 0.2) is 47.5 Å². The number of imide groups is 1. The van der Waals surface area contributed by atoms with Crippen molar-refractivity contribution in [3.8, 4) is 5.69 Å². The zero-order valence-electron chi connectivity index (χ0n) is 16.0. The molecule has 0 radical (unpaired) electrons. The number of thioether (sulfide) groups is 1. The van der Waals surface area contributed by atoms with Gasteiger partial charge in [0.25, 0.3) is 11.1 Å². The monoisotopic (exact) mass is 438 g/mol. The molecule has 158 valence electrons. The van der Waals surface area contributed by atoms with E-state index in [4.69, 9.17) is 4.74 Å². The number of carbonyl (C=O) groups excluding carboxylic acids is 3. The summed E-state index contributed by atoms with van der Waals surface area (Å²) in [4.78, 5) is 37.7. The van der Waals surface area contributed by atoms with E-state index in [9.17, 15) is 27.6 Å². The number of halogens is 3. The molecule has 0 aliphatic carbocycles. The van der Waals surface area contributed by atoms with Crippen molar-refractivity contribution >= 4 is 35.0 Å². The van der Waals surface area contributed by atoms with Gasteiger partial charge in [-0.1, -0.05) is 6.07 Å². The summed E-state index contributed by atoms with van der Waals surface area (Å²) in [6.45, 7) is 3.11. The van der Waals surface area contributed by atoms with Crippen LogP contribution in [0.25, 0.3) is 11.8 Å². The molecule has 2 aromatic rings. The number of hydrogen-bond donors (Lipinski definition) is 0. The normalized spacial score (nSPS) is 17.0. The molecular formula is C20H17F3N2O4S. The zero-order chi connectivity index (χ0) is 22.1. The zero-order valence-corrected chi connectivity index (χ0v) is 16.8. The Morgan fingerprint density at radius 3 is 2.63 bits per heavy atom. The van der Waals surface area contributed by atoms with Crippen molar-refractivity contribution in [3.05, 3.63) is 58.8 Å². The van der Waals surface area contributed by atoms with Crippen LogP contribution in [-0.2, 0) is 20.5 Å². The highest BCUT2D eigenvalue weighted by Gasteiger charge is 2.41. The molecule has 1 aliphatic rings. The summed E-state index contributed by atoms with van der Waals surface area (Å²) in [5, 5.41) is -0.621. The molecule has 1 aliphatic heterocycles. The second-order valence-corrected chi connectivity index (χ2v) is 7.32. The maximum atomic E-state index is 13.0. The summed E-state index contributed by atoms with van der Waals surface area (Å²) >= 11 is 0.653. The SMILES string of the molecule is CCOC(=O)C(C)N1C(=O)S/C(=C\c2cccn2-c2cccc(C(F)(F)F)c2)C1=O. The van der Waals surface area contributed by atoms with Gasteiger partial charge in [0.15, 0.2) is 0 Å². The molecule has 6 nitrogen and oxygen atoms in total. The lowest BCUT2D eigenvalue weighted by molar-refractivity contribution is -0.150. The third-order valence-electron chi connectivity index (χ3n) is 4.35. The Labute approximate surface area is 174 Å². The predicted octanol–water partition coefficient (Wildman–Crippen LogP) is 4.48. The topological polar surface area (TPSA) is 68.6 Å². The van der Waals surface area contributed by atoms with Crippen LogP contribution in [-0.4, -0.2) is 39.2 Å². The highest BCUT2D eigenvalue weighted by atomic mass is 32.2. The summed E-state index contributed by atoms with van der Waals surface area (Å²) in [5.41, 5.74) is -0.146. The number of aromatic nitrogens is 1. The number of carbonyl (C=O) groups is 3. The fourth-order valence-electron chi connectivity index (χ4n) is 2.90. The minimum atomic E-state index is -4.49. The Hall–Kier alpha value is -3.01. The largest absolute Gasteiger partial charge is 0.464 e. The molecule has 3 rings (SSSR count). The molecule has 30 heavy (non-hydrogen) atoms. The first-order valence-electron chi connectivity index (χ1n) is 8.92. The number of ether oxygens (including phenoxy) is 1. The van der Waals surface area contributed by atoms with Crippen LogP contribution < -0.4 is 0 Å². The van der Waals surface area contributed by atoms with Gasteiger partial charge in [0.05, 0.1) is 17.1 Å². The third kappa shape index (κ3) is 4.28. The molecule has 1 fully saturated rings. The van der Waals surface area contributed by atoms with Crippen LogP contribution >= 0.6 is 11.8 Å². The molecule has 1 atom stereocenters. The first-order chi connectivity index (χ1) is 14.1. The molecule has 0 bridgehead atoms. The van der Waals surface area contributed by atoms with Gasteiger partial charge in [0.2, 0.25) is 0 Å². The van der Waals surface area contributed by atoms with Crippen molar-refractivity contribution in [3.63, 3.8) is 0 Å². The van der Waals surface area contributed by atoms with Gasteiger partial charge in [-0.3, -0.25) is 14.5 Å². The standard InChI is InChI=1S/C20H17F3N2O4S/c1-3-29-18(27)12(2)25-17(26)16(30-19(25)28)11-15-8-5-9-24(15)14-7-4-6-13(10-14)20(21,22)23/h4-12H,3H2,1-2H3/b16-11-. The molecule has 2 amide bonds. The van der Waals surface area contributed by atoms with Gasteiger partial charge in [0.1, 0.15) is 6.04 Å². The fraction of sp³-hybridized carbons (Fsp3) is 0.250. The van der Waals surface area contributed by atoms with Crippen molar-refractivity contribution in [1.82, 2.24) is 9.47 Å². The number of alkyl halides is 3. The summed E-state index contributed by atoms with van der Waals surface area (Å²) < 4.78 is 45.4. The van der Waals surface area contributed by atoms with Gasteiger partial charge in [-0.2, -0.15) is 13.2 Å². The van der Waals surface area contributed by atoms with Crippen LogP contribution in [0.1, 0.15) is 25.1 Å². The minimum absolute atomic E-state index is 0.0584. The average molecular weight is 438 g/mol. The minimum Gasteiger partial charge on any atom is -0.464 e. The van der Waals surface area contributed by atoms with Gasteiger partial charge < -0.3 is 9.30 Å². The van der Waals surface area contributed by atoms with E-state index in [1.807, 2.05) is 0 Å². The Morgan fingerprint density at radius 2 is 1.97 bits per heavy atom. The number of amides is 2. The lowest BCUT2D eigenvalue weighted by Gasteiger charge is -2.19. The maximum Gasteiger partial charge on any atom is 0.416 e. The van der Waals surface area contributed by atoms with E-state index in [2.05, 4.69) is 0 Å². The van der Waals surface area contributed by atoms with E-state index in [1.54, 1.807) is 25.3 Å². The van der Waals surface area contributed by atoms with Gasteiger partial charge >= 0.3 is 12.1 Å². The van der Waals surface area contributed by atoms with Gasteiger partial charge in [-0.25, -0.2) is 4.79 Å². The summed E-state index contributed by atoms with van der Waals surface area (Å²) in [6.07, 6.45) is -1.54. The Balaban J connectivity index is 1.91. The van der Waals surface area contributed by atoms with Crippen LogP contribution in [0, 0.1) is 0 Å². The molecule has 1 unspecified atom stereocenters. The van der Waals surface area contributed by atoms with E-state index in [0.29, 0.717) is 17.5 Å². The molecular weight excluding hydrogens is 421 g/mol. The number of esters is 1. The predicted molar refractivity (Wildman–Crippen MR) is 105 cm³/mol. The number of benzene rings is 1. The molecule has 2 heterocycles. The fourth-order valence-corrected chi connectivity index (χ4v) is 3.79. The van der Waals surface area contributed by atoms with E-state index in [-0.39, 0.29) is 17.2 Å². The molecule has 1 aromatic carbocycles. The molecule has 0 N–H and O–H groups in total. The number of nitrogens with zero attached hydrogens (tertiary/aromatic N) is 2. The highest BCUT2D eigenvalue weighted by molar-refractivity contribution is 8.18. The smallest absolute Gasteiger partial charge is 0.416 e.